The number of anilines is 1. The van der Waals surface area contributed by atoms with Crippen LogP contribution in [0, 0.1) is 0 Å². The summed E-state index contributed by atoms with van der Waals surface area (Å²) in [6.07, 6.45) is 3.40. The van der Waals surface area contributed by atoms with Crippen LogP contribution in [0.3, 0.4) is 0 Å². The number of hydrogen-bond donors (Lipinski definition) is 1. The predicted molar refractivity (Wildman–Crippen MR) is 72.7 cm³/mol. The summed E-state index contributed by atoms with van der Waals surface area (Å²) in [5.74, 6) is 0.667. The lowest BCUT2D eigenvalue weighted by atomic mass is 10.3. The molecular formula is C12H16N4O2S. The van der Waals surface area contributed by atoms with Crippen molar-refractivity contribution < 1.29 is 8.42 Å². The van der Waals surface area contributed by atoms with Gasteiger partial charge in [0.05, 0.1) is 12.2 Å². The number of hydrogen-bond acceptors (Lipinski definition) is 4. The van der Waals surface area contributed by atoms with Gasteiger partial charge in [-0.05, 0) is 12.1 Å². The van der Waals surface area contributed by atoms with Crippen LogP contribution in [-0.2, 0) is 23.6 Å². The monoisotopic (exact) mass is 280 g/mol. The number of aromatic nitrogens is 2. The predicted octanol–water partition coefficient (Wildman–Crippen LogP) is 0.823. The molecule has 19 heavy (non-hydrogen) atoms. The summed E-state index contributed by atoms with van der Waals surface area (Å²) in [5.41, 5.74) is 5.97. The van der Waals surface area contributed by atoms with Crippen molar-refractivity contribution in [3.05, 3.63) is 42.5 Å². The largest absolute Gasteiger partial charge is 0.398 e. The number of sulfonamides is 1. The fraction of sp³-hybridized carbons (Fsp3) is 0.250. The van der Waals surface area contributed by atoms with Crippen molar-refractivity contribution in [1.82, 2.24) is 13.9 Å². The molecule has 102 valence electrons. The molecule has 0 unspecified atom stereocenters. The highest BCUT2D eigenvalue weighted by Crippen LogP contribution is 2.21. The molecule has 0 aliphatic heterocycles. The number of nitrogens with two attached hydrogens (primary N) is 1. The van der Waals surface area contributed by atoms with E-state index in [0.29, 0.717) is 5.82 Å². The SMILES string of the molecule is CN(Cc1nccn1C)S(=O)(=O)c1ccccc1N. The molecular weight excluding hydrogens is 264 g/mol. The van der Waals surface area contributed by atoms with Gasteiger partial charge in [0.1, 0.15) is 10.7 Å². The van der Waals surface area contributed by atoms with E-state index in [-0.39, 0.29) is 17.1 Å². The summed E-state index contributed by atoms with van der Waals surface area (Å²) in [4.78, 5) is 4.23. The second kappa shape index (κ2) is 5.02. The molecule has 6 nitrogen and oxygen atoms in total. The highest BCUT2D eigenvalue weighted by atomic mass is 32.2. The molecule has 1 heterocycles. The molecule has 0 fully saturated rings. The first-order chi connectivity index (χ1) is 8.93. The number of para-hydroxylation sites is 1. The Kier molecular flexibility index (Phi) is 3.59. The van der Waals surface area contributed by atoms with E-state index in [1.54, 1.807) is 35.2 Å². The summed E-state index contributed by atoms with van der Waals surface area (Å²) in [7, 11) is -0.278. The first-order valence-corrected chi connectivity index (χ1v) is 7.14. The van der Waals surface area contributed by atoms with E-state index in [2.05, 4.69) is 4.98 Å². The Morgan fingerprint density at radius 2 is 2.05 bits per heavy atom. The minimum absolute atomic E-state index is 0.117. The summed E-state index contributed by atoms with van der Waals surface area (Å²) >= 11 is 0. The second-order valence-corrected chi connectivity index (χ2v) is 6.27. The molecule has 0 spiro atoms. The zero-order valence-electron chi connectivity index (χ0n) is 10.8. The van der Waals surface area contributed by atoms with Gasteiger partial charge in [-0.1, -0.05) is 12.1 Å². The van der Waals surface area contributed by atoms with Crippen molar-refractivity contribution in [2.45, 2.75) is 11.4 Å². The molecule has 0 aliphatic carbocycles. The number of benzene rings is 1. The second-order valence-electron chi connectivity index (χ2n) is 4.25. The minimum atomic E-state index is -3.61. The molecule has 0 aliphatic rings. The topological polar surface area (TPSA) is 81.2 Å². The van der Waals surface area contributed by atoms with E-state index in [4.69, 9.17) is 5.73 Å². The normalized spacial score (nSPS) is 11.9. The Morgan fingerprint density at radius 1 is 1.37 bits per heavy atom. The molecule has 7 heteroatoms. The smallest absolute Gasteiger partial charge is 0.245 e. The van der Waals surface area contributed by atoms with Crippen LogP contribution in [-0.4, -0.2) is 29.3 Å². The van der Waals surface area contributed by atoms with Gasteiger partial charge in [-0.25, -0.2) is 13.4 Å². The lowest BCUT2D eigenvalue weighted by molar-refractivity contribution is 0.451. The van der Waals surface area contributed by atoms with Gasteiger partial charge < -0.3 is 10.3 Å². The third kappa shape index (κ3) is 2.61. The molecule has 2 rings (SSSR count). The maximum absolute atomic E-state index is 12.4. The van der Waals surface area contributed by atoms with Gasteiger partial charge in [-0.3, -0.25) is 0 Å². The molecule has 0 bridgehead atoms. The fourth-order valence-corrected chi connectivity index (χ4v) is 2.95. The van der Waals surface area contributed by atoms with Gasteiger partial charge in [-0.2, -0.15) is 4.31 Å². The Morgan fingerprint density at radius 3 is 2.63 bits per heavy atom. The zero-order valence-corrected chi connectivity index (χ0v) is 11.6. The Balaban J connectivity index is 2.30. The number of imidazole rings is 1. The van der Waals surface area contributed by atoms with Gasteiger partial charge in [-0.15, -0.1) is 0 Å². The average molecular weight is 280 g/mol. The van der Waals surface area contributed by atoms with Gasteiger partial charge >= 0.3 is 0 Å². The lowest BCUT2D eigenvalue weighted by Gasteiger charge is -2.17. The fourth-order valence-electron chi connectivity index (χ4n) is 1.72. The maximum atomic E-state index is 12.4. The van der Waals surface area contributed by atoms with Crippen molar-refractivity contribution in [2.75, 3.05) is 12.8 Å². The van der Waals surface area contributed by atoms with E-state index in [0.717, 1.165) is 0 Å². The van der Waals surface area contributed by atoms with Gasteiger partial charge in [0.2, 0.25) is 10.0 Å². The standard InChI is InChI=1S/C12H16N4O2S/c1-15-8-7-14-12(15)9-16(2)19(17,18)11-6-4-3-5-10(11)13/h3-8H,9,13H2,1-2H3. The van der Waals surface area contributed by atoms with E-state index < -0.39 is 10.0 Å². The third-order valence-electron chi connectivity index (χ3n) is 2.89. The number of rotatable bonds is 4. The quantitative estimate of drug-likeness (QED) is 0.841. The van der Waals surface area contributed by atoms with Crippen molar-refractivity contribution in [1.29, 1.82) is 0 Å². The number of aryl methyl sites for hydroxylation is 1. The summed E-state index contributed by atoms with van der Waals surface area (Å²) < 4.78 is 27.8. The van der Waals surface area contributed by atoms with E-state index in [9.17, 15) is 8.42 Å². The van der Waals surface area contributed by atoms with Crippen molar-refractivity contribution >= 4 is 15.7 Å². The van der Waals surface area contributed by atoms with Gasteiger partial charge in [0.25, 0.3) is 0 Å². The van der Waals surface area contributed by atoms with Crippen LogP contribution in [0.5, 0.6) is 0 Å². The summed E-state index contributed by atoms with van der Waals surface area (Å²) in [6, 6.07) is 6.42. The number of nitrogen functional groups attached to an aromatic ring is 1. The molecule has 1 aromatic carbocycles. The summed E-state index contributed by atoms with van der Waals surface area (Å²) in [6.45, 7) is 0.195. The number of nitrogens with zero attached hydrogens (tertiary/aromatic N) is 3. The first-order valence-electron chi connectivity index (χ1n) is 5.70. The Bertz CT molecular complexity index is 679. The summed E-state index contributed by atoms with van der Waals surface area (Å²) in [5, 5.41) is 0. The molecule has 0 saturated heterocycles. The third-order valence-corrected chi connectivity index (χ3v) is 4.77. The van der Waals surface area contributed by atoms with Crippen LogP contribution in [0.15, 0.2) is 41.6 Å². The van der Waals surface area contributed by atoms with Crippen LogP contribution >= 0.6 is 0 Å². The molecule has 0 saturated carbocycles. The van der Waals surface area contributed by atoms with Crippen LogP contribution < -0.4 is 5.73 Å². The van der Waals surface area contributed by atoms with Crippen LogP contribution in [0.1, 0.15) is 5.82 Å². The van der Waals surface area contributed by atoms with Crippen LogP contribution in [0.25, 0.3) is 0 Å². The molecule has 0 atom stereocenters. The average Bonchev–Trinajstić information content (AvgIpc) is 2.75. The Hall–Kier alpha value is -1.86. The van der Waals surface area contributed by atoms with Crippen LogP contribution in [0.4, 0.5) is 5.69 Å². The molecule has 2 aromatic rings. The highest BCUT2D eigenvalue weighted by Gasteiger charge is 2.23. The van der Waals surface area contributed by atoms with E-state index in [1.165, 1.54) is 17.4 Å². The van der Waals surface area contributed by atoms with Gasteiger partial charge in [0.15, 0.2) is 0 Å². The molecule has 0 amide bonds. The van der Waals surface area contributed by atoms with Crippen molar-refractivity contribution in [2.24, 2.45) is 7.05 Å². The minimum Gasteiger partial charge on any atom is -0.398 e. The van der Waals surface area contributed by atoms with Crippen molar-refractivity contribution in [3.8, 4) is 0 Å². The maximum Gasteiger partial charge on any atom is 0.245 e. The Labute approximate surface area is 112 Å². The molecule has 1 aromatic heterocycles. The van der Waals surface area contributed by atoms with E-state index >= 15 is 0 Å². The van der Waals surface area contributed by atoms with Gasteiger partial charge in [0, 0.05) is 26.5 Å². The highest BCUT2D eigenvalue weighted by molar-refractivity contribution is 7.89. The molecule has 2 N–H and O–H groups in total. The molecule has 0 radical (unpaired) electrons. The van der Waals surface area contributed by atoms with E-state index in [1.807, 2.05) is 7.05 Å². The lowest BCUT2D eigenvalue weighted by Crippen LogP contribution is -2.28. The van der Waals surface area contributed by atoms with Crippen LogP contribution in [0.2, 0.25) is 0 Å². The first kappa shape index (κ1) is 13.6. The zero-order chi connectivity index (χ0) is 14.0. The van der Waals surface area contributed by atoms with Crippen molar-refractivity contribution in [3.63, 3.8) is 0 Å².